The number of hydrogen-bond donors (Lipinski definition) is 4. The van der Waals surface area contributed by atoms with E-state index in [1.165, 1.54) is 0 Å². The van der Waals surface area contributed by atoms with Gasteiger partial charge in [0.1, 0.15) is 5.78 Å². The molecule has 0 spiro atoms. The molecule has 2 atom stereocenters. The second-order valence-corrected chi connectivity index (χ2v) is 5.16. The summed E-state index contributed by atoms with van der Waals surface area (Å²) in [5, 5.41) is 5.80. The van der Waals surface area contributed by atoms with Crippen LogP contribution in [0.2, 0.25) is 0 Å². The van der Waals surface area contributed by atoms with Crippen molar-refractivity contribution >= 4 is 24.3 Å². The number of likely N-dealkylation sites (N-methyl/N-ethyl adjacent to an activating group) is 1. The van der Waals surface area contributed by atoms with E-state index in [2.05, 4.69) is 23.3 Å². The second-order valence-electron chi connectivity index (χ2n) is 4.71. The van der Waals surface area contributed by atoms with Crippen molar-refractivity contribution in [1.82, 2.24) is 10.6 Å². The quantitative estimate of drug-likeness (QED) is 0.341. The molecule has 1 amide bonds. The Morgan fingerprint density at radius 2 is 1.61 bits per heavy atom. The third-order valence-corrected chi connectivity index (χ3v) is 3.38. The van der Waals surface area contributed by atoms with E-state index in [9.17, 15) is 9.59 Å². The smallest absolute Gasteiger partial charge is 0.236 e. The number of hydrogen-bond acceptors (Lipinski definition) is 5. The molecule has 140 valence electrons. The molecule has 0 bridgehead atoms. The van der Waals surface area contributed by atoms with Gasteiger partial charge in [-0.2, -0.15) is 12.6 Å². The van der Waals surface area contributed by atoms with Gasteiger partial charge < -0.3 is 16.4 Å². The van der Waals surface area contributed by atoms with Crippen molar-refractivity contribution in [3.8, 4) is 0 Å². The van der Waals surface area contributed by atoms with E-state index in [1.807, 2.05) is 27.7 Å². The Labute approximate surface area is 149 Å². The van der Waals surface area contributed by atoms with Gasteiger partial charge >= 0.3 is 0 Å². The van der Waals surface area contributed by atoms with Gasteiger partial charge in [-0.15, -0.1) is 0 Å². The normalized spacial score (nSPS) is 12.0. The molecular formula is C17H39N3O2S. The molecule has 0 aromatic rings. The fourth-order valence-electron chi connectivity index (χ4n) is 1.81. The van der Waals surface area contributed by atoms with E-state index in [4.69, 9.17) is 5.73 Å². The summed E-state index contributed by atoms with van der Waals surface area (Å²) in [7, 11) is 1.79. The van der Waals surface area contributed by atoms with Crippen molar-refractivity contribution in [3.63, 3.8) is 0 Å². The molecule has 0 saturated carbocycles. The van der Waals surface area contributed by atoms with Gasteiger partial charge in [0.05, 0.1) is 12.1 Å². The molecule has 0 aliphatic carbocycles. The van der Waals surface area contributed by atoms with E-state index in [-0.39, 0.29) is 17.7 Å². The minimum atomic E-state index is -0.436. The minimum absolute atomic E-state index is 0.0756. The van der Waals surface area contributed by atoms with Gasteiger partial charge in [-0.05, 0) is 51.8 Å². The highest BCUT2D eigenvalue weighted by Gasteiger charge is 2.13. The number of nitrogens with one attached hydrogen (secondary N) is 2. The fourth-order valence-corrected chi connectivity index (χ4v) is 1.99. The molecule has 2 unspecified atom stereocenters. The number of thiol groups is 1. The lowest BCUT2D eigenvalue weighted by Crippen LogP contribution is -2.41. The van der Waals surface area contributed by atoms with Crippen molar-refractivity contribution in [2.24, 2.45) is 5.73 Å². The SMILES string of the molecule is CC.CC.CNC(CCCCNC(=O)C(N)CCCS)C(C)=O. The van der Waals surface area contributed by atoms with E-state index in [1.54, 1.807) is 14.0 Å². The summed E-state index contributed by atoms with van der Waals surface area (Å²) in [6.45, 7) is 10.2. The first-order valence-electron chi connectivity index (χ1n) is 8.84. The summed E-state index contributed by atoms with van der Waals surface area (Å²) in [6, 6.07) is -0.511. The lowest BCUT2D eigenvalue weighted by molar-refractivity contribution is -0.122. The summed E-state index contributed by atoms with van der Waals surface area (Å²) in [5.74, 6) is 0.802. The van der Waals surface area contributed by atoms with E-state index in [0.717, 1.165) is 31.4 Å². The van der Waals surface area contributed by atoms with Crippen LogP contribution in [0.3, 0.4) is 0 Å². The standard InChI is InChI=1S/C13H27N3O2S.2C2H6/c1-10(17)12(15-2)7-3-4-8-16-13(18)11(14)6-5-9-19;2*1-2/h11-12,15,19H,3-9,14H2,1-2H3,(H,16,18);2*1-2H3. The highest BCUT2D eigenvalue weighted by molar-refractivity contribution is 7.80. The maximum atomic E-state index is 11.6. The average Bonchev–Trinajstić information content (AvgIpc) is 2.58. The predicted octanol–water partition coefficient (Wildman–Crippen LogP) is 2.54. The topological polar surface area (TPSA) is 84.2 Å². The molecule has 0 aliphatic rings. The molecule has 0 aliphatic heterocycles. The van der Waals surface area contributed by atoms with Gasteiger partial charge in [0, 0.05) is 6.54 Å². The largest absolute Gasteiger partial charge is 0.355 e. The summed E-state index contributed by atoms with van der Waals surface area (Å²) in [4.78, 5) is 22.8. The summed E-state index contributed by atoms with van der Waals surface area (Å²) in [5.41, 5.74) is 5.73. The molecule has 5 nitrogen and oxygen atoms in total. The molecule has 0 aromatic heterocycles. The van der Waals surface area contributed by atoms with Gasteiger partial charge in [0.2, 0.25) is 5.91 Å². The fraction of sp³-hybridized carbons (Fsp3) is 0.882. The van der Waals surface area contributed by atoms with Gasteiger partial charge in [-0.3, -0.25) is 9.59 Å². The molecule has 0 fully saturated rings. The number of rotatable bonds is 11. The van der Waals surface area contributed by atoms with E-state index >= 15 is 0 Å². The van der Waals surface area contributed by atoms with Gasteiger partial charge in [-0.25, -0.2) is 0 Å². The van der Waals surface area contributed by atoms with Crippen molar-refractivity contribution in [3.05, 3.63) is 0 Å². The predicted molar refractivity (Wildman–Crippen MR) is 104 cm³/mol. The Balaban J connectivity index is -0.000000919. The molecule has 0 rings (SSSR count). The first kappa shape index (κ1) is 27.3. The van der Waals surface area contributed by atoms with Gasteiger partial charge in [0.25, 0.3) is 0 Å². The van der Waals surface area contributed by atoms with Crippen molar-refractivity contribution in [2.45, 2.75) is 78.8 Å². The Morgan fingerprint density at radius 1 is 1.04 bits per heavy atom. The summed E-state index contributed by atoms with van der Waals surface area (Å²) < 4.78 is 0. The number of carbonyl (C=O) groups excluding carboxylic acids is 2. The Morgan fingerprint density at radius 3 is 2.04 bits per heavy atom. The van der Waals surface area contributed by atoms with Crippen molar-refractivity contribution in [1.29, 1.82) is 0 Å². The molecule has 0 saturated heterocycles. The second kappa shape index (κ2) is 21.4. The highest BCUT2D eigenvalue weighted by atomic mass is 32.1. The summed E-state index contributed by atoms with van der Waals surface area (Å²) in [6.07, 6.45) is 4.07. The molecule has 0 radical (unpaired) electrons. The van der Waals surface area contributed by atoms with Crippen LogP contribution in [0.25, 0.3) is 0 Å². The van der Waals surface area contributed by atoms with Crippen LogP contribution in [0, 0.1) is 0 Å². The van der Waals surface area contributed by atoms with Crippen molar-refractivity contribution in [2.75, 3.05) is 19.3 Å². The molecule has 0 aromatic carbocycles. The monoisotopic (exact) mass is 349 g/mol. The number of ketones is 1. The average molecular weight is 350 g/mol. The maximum Gasteiger partial charge on any atom is 0.236 e. The lowest BCUT2D eigenvalue weighted by atomic mass is 10.1. The number of unbranched alkanes of at least 4 members (excludes halogenated alkanes) is 1. The van der Waals surface area contributed by atoms with Crippen LogP contribution in [0.4, 0.5) is 0 Å². The van der Waals surface area contributed by atoms with E-state index < -0.39 is 6.04 Å². The number of amides is 1. The molecule has 23 heavy (non-hydrogen) atoms. The van der Waals surface area contributed by atoms with E-state index in [0.29, 0.717) is 13.0 Å². The number of nitrogens with two attached hydrogens (primary N) is 1. The Kier molecular flexibility index (Phi) is 25.4. The van der Waals surface area contributed by atoms with Gasteiger partial charge in [-0.1, -0.05) is 27.7 Å². The first-order valence-corrected chi connectivity index (χ1v) is 9.48. The zero-order chi connectivity index (χ0) is 18.7. The lowest BCUT2D eigenvalue weighted by Gasteiger charge is -2.13. The van der Waals surface area contributed by atoms with Crippen LogP contribution in [0.1, 0.15) is 66.7 Å². The third-order valence-electron chi connectivity index (χ3n) is 3.07. The van der Waals surface area contributed by atoms with Crippen LogP contribution in [-0.4, -0.2) is 43.1 Å². The third kappa shape index (κ3) is 17.6. The zero-order valence-corrected chi connectivity index (χ0v) is 16.8. The first-order chi connectivity index (χ1) is 11.0. The van der Waals surface area contributed by atoms with Crippen molar-refractivity contribution < 1.29 is 9.59 Å². The summed E-state index contributed by atoms with van der Waals surface area (Å²) >= 11 is 4.09. The highest BCUT2D eigenvalue weighted by Crippen LogP contribution is 2.01. The minimum Gasteiger partial charge on any atom is -0.355 e. The molecular weight excluding hydrogens is 310 g/mol. The van der Waals surface area contributed by atoms with Gasteiger partial charge in [0.15, 0.2) is 0 Å². The number of Topliss-reactive ketones (excluding diaryl/α,β-unsaturated/α-hetero) is 1. The van der Waals surface area contributed by atoms with Crippen LogP contribution in [0.15, 0.2) is 0 Å². The molecule has 4 N–H and O–H groups in total. The Hall–Kier alpha value is -0.590. The van der Waals surface area contributed by atoms with Crippen LogP contribution in [-0.2, 0) is 9.59 Å². The zero-order valence-electron chi connectivity index (χ0n) is 15.9. The van der Waals surface area contributed by atoms with Crippen LogP contribution < -0.4 is 16.4 Å². The maximum absolute atomic E-state index is 11.6. The van der Waals surface area contributed by atoms with Crippen LogP contribution in [0.5, 0.6) is 0 Å². The number of carbonyl (C=O) groups is 2. The molecule has 0 heterocycles. The Bertz CT molecular complexity index is 277. The van der Waals surface area contributed by atoms with Crippen LogP contribution >= 0.6 is 12.6 Å². The molecule has 6 heteroatoms.